The van der Waals surface area contributed by atoms with E-state index >= 15 is 0 Å². The Morgan fingerprint density at radius 2 is 0.960 bits per heavy atom. The van der Waals surface area contributed by atoms with E-state index in [1.165, 1.54) is 83.5 Å². The van der Waals surface area contributed by atoms with Crippen molar-refractivity contribution in [2.45, 2.75) is 187 Å². The maximum atomic E-state index is 12.4. The van der Waals surface area contributed by atoms with Crippen molar-refractivity contribution in [3.05, 3.63) is 48.6 Å². The summed E-state index contributed by atoms with van der Waals surface area (Å²) in [5, 5.41) is 0. The highest BCUT2D eigenvalue weighted by atomic mass is 31.2. The summed E-state index contributed by atoms with van der Waals surface area (Å²) in [5.41, 5.74) is 0. The van der Waals surface area contributed by atoms with Crippen LogP contribution in [0.5, 0.6) is 0 Å². The van der Waals surface area contributed by atoms with Crippen LogP contribution in [0.25, 0.3) is 0 Å². The molecule has 0 amide bonds. The molecule has 9 heteroatoms. The van der Waals surface area contributed by atoms with Crippen LogP contribution in [-0.4, -0.2) is 41.0 Å². The highest BCUT2D eigenvalue weighted by molar-refractivity contribution is 7.46. The SMILES string of the molecule is CC/C=C/C/C=C/C/C=C/C/C=C/CCCCC(=O)OC[C@H](COP(=O)(O)O)OC(=O)CCCCCCCCCCCCCCCCCCC. The molecule has 0 aromatic heterocycles. The molecule has 0 aromatic rings. The van der Waals surface area contributed by atoms with Crippen LogP contribution in [0.3, 0.4) is 0 Å². The second-order valence-corrected chi connectivity index (χ2v) is 14.5. The molecule has 8 nitrogen and oxygen atoms in total. The molecule has 290 valence electrons. The van der Waals surface area contributed by atoms with E-state index in [-0.39, 0.29) is 19.4 Å². The van der Waals surface area contributed by atoms with E-state index in [4.69, 9.17) is 19.3 Å². The monoisotopic (exact) mass is 725 g/mol. The van der Waals surface area contributed by atoms with Crippen molar-refractivity contribution in [2.75, 3.05) is 13.2 Å². The third-order valence-electron chi connectivity index (χ3n) is 8.36. The molecule has 0 saturated carbocycles. The second kappa shape index (κ2) is 36.8. The largest absolute Gasteiger partial charge is 0.469 e. The van der Waals surface area contributed by atoms with E-state index in [1.54, 1.807) is 0 Å². The zero-order valence-electron chi connectivity index (χ0n) is 31.8. The molecule has 50 heavy (non-hydrogen) atoms. The summed E-state index contributed by atoms with van der Waals surface area (Å²) in [6, 6.07) is 0. The Hall–Kier alpha value is -1.99. The standard InChI is InChI=1S/C41H73O8P/c1-3-5-7-9-11-13-15-17-19-20-22-24-26-28-30-32-34-36-41(43)49-39(38-48-50(44,45)46)37-47-40(42)35-33-31-29-27-25-23-21-18-16-14-12-10-8-6-4-2/h6,8,12,14,18,21,25,27,39H,3-5,7,9-11,13,15-17,19-20,22-24,26,28-38H2,1-2H3,(H2,44,45,46)/b8-6+,14-12+,21-18+,27-25+/t39-/m1/s1. The van der Waals surface area contributed by atoms with Gasteiger partial charge in [0.15, 0.2) is 6.10 Å². The number of hydrogen-bond donors (Lipinski definition) is 2. The summed E-state index contributed by atoms with van der Waals surface area (Å²) in [7, 11) is -4.76. The second-order valence-electron chi connectivity index (χ2n) is 13.2. The van der Waals surface area contributed by atoms with Crippen LogP contribution < -0.4 is 0 Å². The molecule has 2 N–H and O–H groups in total. The Kier molecular flexibility index (Phi) is 35.3. The van der Waals surface area contributed by atoms with Crippen LogP contribution in [0.4, 0.5) is 0 Å². The lowest BCUT2D eigenvalue weighted by Crippen LogP contribution is -2.29. The number of ether oxygens (including phenoxy) is 2. The number of unbranched alkanes of at least 4 members (excludes halogenated alkanes) is 18. The lowest BCUT2D eigenvalue weighted by atomic mass is 10.0. The zero-order chi connectivity index (χ0) is 36.8. The molecule has 0 fully saturated rings. The van der Waals surface area contributed by atoms with E-state index in [1.807, 2.05) is 0 Å². The zero-order valence-corrected chi connectivity index (χ0v) is 32.7. The maximum Gasteiger partial charge on any atom is 0.469 e. The average molecular weight is 725 g/mol. The molecule has 1 atom stereocenters. The van der Waals surface area contributed by atoms with Crippen molar-refractivity contribution >= 4 is 19.8 Å². The van der Waals surface area contributed by atoms with Gasteiger partial charge >= 0.3 is 19.8 Å². The number of hydrogen-bond acceptors (Lipinski definition) is 6. The molecule has 0 spiro atoms. The molecular formula is C41H73O8P. The minimum atomic E-state index is -4.76. The highest BCUT2D eigenvalue weighted by Gasteiger charge is 2.22. The Bertz CT molecular complexity index is 952. The first-order valence-electron chi connectivity index (χ1n) is 19.9. The predicted octanol–water partition coefficient (Wildman–Crippen LogP) is 12.0. The van der Waals surface area contributed by atoms with Gasteiger partial charge in [-0.15, -0.1) is 0 Å². The fraction of sp³-hybridized carbons (Fsp3) is 0.756. The Labute approximate surface area is 305 Å². The number of phosphoric ester groups is 1. The fourth-order valence-corrected chi connectivity index (χ4v) is 5.78. The number of esters is 2. The quantitative estimate of drug-likeness (QED) is 0.0284. The summed E-state index contributed by atoms with van der Waals surface area (Å²) < 4.78 is 26.3. The number of carbonyl (C=O) groups is 2. The highest BCUT2D eigenvalue weighted by Crippen LogP contribution is 2.36. The van der Waals surface area contributed by atoms with Crippen LogP contribution in [0.1, 0.15) is 181 Å². The van der Waals surface area contributed by atoms with Gasteiger partial charge in [-0.3, -0.25) is 14.1 Å². The number of carbonyl (C=O) groups excluding carboxylic acids is 2. The lowest BCUT2D eigenvalue weighted by molar-refractivity contribution is -0.161. The minimum Gasteiger partial charge on any atom is -0.462 e. The van der Waals surface area contributed by atoms with Crippen LogP contribution in [0.2, 0.25) is 0 Å². The van der Waals surface area contributed by atoms with Gasteiger partial charge in [-0.05, 0) is 51.4 Å². The first-order valence-corrected chi connectivity index (χ1v) is 21.5. The smallest absolute Gasteiger partial charge is 0.462 e. The van der Waals surface area contributed by atoms with Gasteiger partial charge in [0.05, 0.1) is 6.61 Å². The third kappa shape index (κ3) is 38.8. The van der Waals surface area contributed by atoms with Crippen molar-refractivity contribution in [2.24, 2.45) is 0 Å². The first kappa shape index (κ1) is 48.0. The molecular weight excluding hydrogens is 651 g/mol. The van der Waals surface area contributed by atoms with Crippen molar-refractivity contribution in [3.63, 3.8) is 0 Å². The van der Waals surface area contributed by atoms with Crippen molar-refractivity contribution in [3.8, 4) is 0 Å². The van der Waals surface area contributed by atoms with E-state index in [0.29, 0.717) is 12.8 Å². The van der Waals surface area contributed by atoms with E-state index < -0.39 is 32.5 Å². The molecule has 0 radical (unpaired) electrons. The maximum absolute atomic E-state index is 12.4. The minimum absolute atomic E-state index is 0.205. The van der Waals surface area contributed by atoms with Gasteiger partial charge < -0.3 is 19.3 Å². The van der Waals surface area contributed by atoms with Gasteiger partial charge in [0.2, 0.25) is 0 Å². The Morgan fingerprint density at radius 3 is 1.44 bits per heavy atom. The van der Waals surface area contributed by atoms with E-state index in [9.17, 15) is 14.2 Å². The van der Waals surface area contributed by atoms with Crippen molar-refractivity contribution in [1.82, 2.24) is 0 Å². The average Bonchev–Trinajstić information content (AvgIpc) is 3.08. The van der Waals surface area contributed by atoms with Crippen molar-refractivity contribution in [1.29, 1.82) is 0 Å². The van der Waals surface area contributed by atoms with Crippen molar-refractivity contribution < 1.29 is 37.9 Å². The number of allylic oxidation sites excluding steroid dienone is 8. The number of rotatable bonds is 36. The molecule has 0 bridgehead atoms. The summed E-state index contributed by atoms with van der Waals surface area (Å²) in [6.07, 6.45) is 44.1. The van der Waals surface area contributed by atoms with E-state index in [0.717, 1.165) is 57.8 Å². The molecule has 0 aromatic carbocycles. The first-order chi connectivity index (χ1) is 24.3. The van der Waals surface area contributed by atoms with Gasteiger partial charge in [-0.1, -0.05) is 165 Å². The summed E-state index contributed by atoms with van der Waals surface area (Å²) >= 11 is 0. The van der Waals surface area contributed by atoms with Gasteiger partial charge in [0.1, 0.15) is 6.61 Å². The molecule has 0 aliphatic carbocycles. The molecule has 0 aliphatic rings. The van der Waals surface area contributed by atoms with Gasteiger partial charge in [-0.2, -0.15) is 0 Å². The fourth-order valence-electron chi connectivity index (χ4n) is 5.42. The molecule has 0 aliphatic heterocycles. The van der Waals surface area contributed by atoms with Gasteiger partial charge in [0, 0.05) is 12.8 Å². The van der Waals surface area contributed by atoms with Crippen LogP contribution in [0, 0.1) is 0 Å². The Balaban J connectivity index is 3.99. The predicted molar refractivity (Wildman–Crippen MR) is 207 cm³/mol. The molecule has 0 heterocycles. The molecule has 0 saturated heterocycles. The van der Waals surface area contributed by atoms with Crippen LogP contribution >= 0.6 is 7.82 Å². The molecule has 0 unspecified atom stereocenters. The third-order valence-corrected chi connectivity index (χ3v) is 8.85. The van der Waals surface area contributed by atoms with Gasteiger partial charge in [-0.25, -0.2) is 4.57 Å². The normalized spacial score (nSPS) is 13.0. The van der Waals surface area contributed by atoms with Crippen LogP contribution in [-0.2, 0) is 28.2 Å². The summed E-state index contributed by atoms with van der Waals surface area (Å²) in [6.45, 7) is 3.54. The van der Waals surface area contributed by atoms with E-state index in [2.05, 4.69) is 67.0 Å². The Morgan fingerprint density at radius 1 is 0.540 bits per heavy atom. The lowest BCUT2D eigenvalue weighted by Gasteiger charge is -2.18. The summed E-state index contributed by atoms with van der Waals surface area (Å²) in [4.78, 5) is 42.8. The molecule has 0 rings (SSSR count). The number of phosphoric acid groups is 1. The topological polar surface area (TPSA) is 119 Å². The van der Waals surface area contributed by atoms with Gasteiger partial charge in [0.25, 0.3) is 0 Å². The van der Waals surface area contributed by atoms with Crippen LogP contribution in [0.15, 0.2) is 48.6 Å². The summed E-state index contributed by atoms with van der Waals surface area (Å²) in [5.74, 6) is -0.931.